The molecule has 2 heterocycles. The van der Waals surface area contributed by atoms with Crippen molar-refractivity contribution in [3.05, 3.63) is 23.5 Å². The monoisotopic (exact) mass is 205 g/mol. The van der Waals surface area contributed by atoms with E-state index in [2.05, 4.69) is 15.2 Å². The Kier molecular flexibility index (Phi) is 2.03. The predicted octanol–water partition coefficient (Wildman–Crippen LogP) is 0.371. The molecule has 2 aromatic heterocycles. The summed E-state index contributed by atoms with van der Waals surface area (Å²) in [6.45, 7) is 1.89. The van der Waals surface area contributed by atoms with Crippen molar-refractivity contribution in [2.24, 2.45) is 17.9 Å². The zero-order valence-corrected chi connectivity index (χ0v) is 8.47. The van der Waals surface area contributed by atoms with Gasteiger partial charge < -0.3 is 10.9 Å². The fourth-order valence-electron chi connectivity index (χ4n) is 1.51. The summed E-state index contributed by atoms with van der Waals surface area (Å²) in [5.41, 5.74) is 7.71. The maximum Gasteiger partial charge on any atom is 0.171 e. The Morgan fingerprint density at radius 2 is 2.33 bits per heavy atom. The van der Waals surface area contributed by atoms with Crippen LogP contribution in [-0.2, 0) is 7.05 Å². The first-order chi connectivity index (χ1) is 7.13. The van der Waals surface area contributed by atoms with Crippen molar-refractivity contribution in [2.45, 2.75) is 6.92 Å². The molecule has 0 atom stereocenters. The van der Waals surface area contributed by atoms with Crippen LogP contribution in [0.25, 0.3) is 11.0 Å². The van der Waals surface area contributed by atoms with Gasteiger partial charge in [-0.1, -0.05) is 5.16 Å². The van der Waals surface area contributed by atoms with Crippen LogP contribution in [0.3, 0.4) is 0 Å². The Hall–Kier alpha value is -2.11. The number of rotatable bonds is 1. The zero-order valence-electron chi connectivity index (χ0n) is 8.47. The molecule has 0 fully saturated rings. The number of hydrogen-bond acceptors (Lipinski definition) is 4. The topological polar surface area (TPSA) is 89.3 Å². The summed E-state index contributed by atoms with van der Waals surface area (Å²) in [7, 11) is 1.82. The lowest BCUT2D eigenvalue weighted by atomic mass is 10.2. The van der Waals surface area contributed by atoms with Gasteiger partial charge in [0.1, 0.15) is 0 Å². The molecule has 0 aromatic carbocycles. The van der Waals surface area contributed by atoms with Gasteiger partial charge in [-0.3, -0.25) is 4.68 Å². The van der Waals surface area contributed by atoms with E-state index in [1.54, 1.807) is 16.9 Å². The van der Waals surface area contributed by atoms with Crippen molar-refractivity contribution >= 4 is 16.9 Å². The predicted molar refractivity (Wildman–Crippen MR) is 55.8 cm³/mol. The molecule has 0 aliphatic heterocycles. The number of amidine groups is 1. The van der Waals surface area contributed by atoms with Crippen LogP contribution in [0.5, 0.6) is 0 Å². The number of aromatic nitrogens is 3. The average molecular weight is 205 g/mol. The fourth-order valence-corrected chi connectivity index (χ4v) is 1.51. The highest BCUT2D eigenvalue weighted by Crippen LogP contribution is 2.16. The lowest BCUT2D eigenvalue weighted by molar-refractivity contribution is 0.318. The first kappa shape index (κ1) is 9.45. The second-order valence-electron chi connectivity index (χ2n) is 3.29. The summed E-state index contributed by atoms with van der Waals surface area (Å²) in [6.07, 6.45) is 1.55. The van der Waals surface area contributed by atoms with Crippen LogP contribution in [0.1, 0.15) is 11.3 Å². The Morgan fingerprint density at radius 1 is 1.60 bits per heavy atom. The standard InChI is InChI=1S/C9H11N5O/c1-5-7-3-6(8(10)13-15)4-11-9(7)14(2)12-5/h3-4,15H,1-2H3,(H2,10,13). The summed E-state index contributed by atoms with van der Waals surface area (Å²) in [5.74, 6) is 0.0488. The third-order valence-electron chi connectivity index (χ3n) is 2.27. The molecule has 0 saturated carbocycles. The Labute approximate surface area is 86.0 Å². The second-order valence-corrected chi connectivity index (χ2v) is 3.29. The molecule has 0 saturated heterocycles. The van der Waals surface area contributed by atoms with Crippen molar-refractivity contribution in [3.63, 3.8) is 0 Å². The number of nitrogens with zero attached hydrogens (tertiary/aromatic N) is 4. The molecule has 6 heteroatoms. The van der Waals surface area contributed by atoms with E-state index in [9.17, 15) is 0 Å². The SMILES string of the molecule is Cc1nn(C)c2ncc(/C(N)=N\O)cc12. The molecule has 0 aliphatic carbocycles. The van der Waals surface area contributed by atoms with Crippen LogP contribution in [0.15, 0.2) is 17.4 Å². The van der Waals surface area contributed by atoms with Gasteiger partial charge in [-0.2, -0.15) is 5.10 Å². The first-order valence-electron chi connectivity index (χ1n) is 4.40. The molecule has 0 radical (unpaired) electrons. The van der Waals surface area contributed by atoms with E-state index >= 15 is 0 Å². The highest BCUT2D eigenvalue weighted by molar-refractivity contribution is 5.99. The largest absolute Gasteiger partial charge is 0.409 e. The maximum absolute atomic E-state index is 8.55. The van der Waals surface area contributed by atoms with E-state index in [0.717, 1.165) is 16.7 Å². The molecule has 0 aliphatic rings. The van der Waals surface area contributed by atoms with Crippen molar-refractivity contribution < 1.29 is 5.21 Å². The molecule has 0 bridgehead atoms. The molecule has 0 spiro atoms. The third kappa shape index (κ3) is 1.39. The number of hydrogen-bond donors (Lipinski definition) is 2. The highest BCUT2D eigenvalue weighted by atomic mass is 16.4. The van der Waals surface area contributed by atoms with Crippen molar-refractivity contribution in [3.8, 4) is 0 Å². The van der Waals surface area contributed by atoms with Crippen LogP contribution in [0.4, 0.5) is 0 Å². The fraction of sp³-hybridized carbons (Fsp3) is 0.222. The molecule has 6 nitrogen and oxygen atoms in total. The zero-order chi connectivity index (χ0) is 11.0. The van der Waals surface area contributed by atoms with Gasteiger partial charge >= 0.3 is 0 Å². The van der Waals surface area contributed by atoms with E-state index in [1.165, 1.54) is 0 Å². The van der Waals surface area contributed by atoms with Crippen LogP contribution in [0, 0.1) is 6.92 Å². The summed E-state index contributed by atoms with van der Waals surface area (Å²) in [6, 6.07) is 1.81. The lowest BCUT2D eigenvalue weighted by Crippen LogP contribution is -2.13. The number of nitrogens with two attached hydrogens (primary N) is 1. The van der Waals surface area contributed by atoms with Gasteiger partial charge in [0.15, 0.2) is 11.5 Å². The minimum Gasteiger partial charge on any atom is -0.409 e. The quantitative estimate of drug-likeness (QED) is 0.304. The summed E-state index contributed by atoms with van der Waals surface area (Å²) < 4.78 is 1.70. The van der Waals surface area contributed by atoms with E-state index in [1.807, 2.05) is 14.0 Å². The molecular weight excluding hydrogens is 194 g/mol. The highest BCUT2D eigenvalue weighted by Gasteiger charge is 2.08. The van der Waals surface area contributed by atoms with Gasteiger partial charge in [-0.05, 0) is 13.0 Å². The van der Waals surface area contributed by atoms with Crippen LogP contribution in [0.2, 0.25) is 0 Å². The molecule has 0 unspecified atom stereocenters. The van der Waals surface area contributed by atoms with Crippen LogP contribution in [-0.4, -0.2) is 25.8 Å². The van der Waals surface area contributed by atoms with Crippen LogP contribution < -0.4 is 5.73 Å². The summed E-state index contributed by atoms with van der Waals surface area (Å²) >= 11 is 0. The number of aryl methyl sites for hydroxylation is 2. The Bertz CT molecular complexity index is 543. The first-order valence-corrected chi connectivity index (χ1v) is 4.40. The van der Waals surface area contributed by atoms with Crippen molar-refractivity contribution in [1.29, 1.82) is 0 Å². The molecule has 15 heavy (non-hydrogen) atoms. The number of fused-ring (bicyclic) bond motifs is 1. The molecule has 0 amide bonds. The minimum absolute atomic E-state index is 0.0488. The van der Waals surface area contributed by atoms with E-state index < -0.39 is 0 Å². The number of pyridine rings is 1. The molecule has 3 N–H and O–H groups in total. The average Bonchev–Trinajstić information content (AvgIpc) is 2.53. The van der Waals surface area contributed by atoms with Gasteiger partial charge in [-0.15, -0.1) is 0 Å². The second kappa shape index (κ2) is 3.23. The van der Waals surface area contributed by atoms with Gasteiger partial charge in [0.25, 0.3) is 0 Å². The molecule has 2 rings (SSSR count). The molecule has 2 aromatic rings. The lowest BCUT2D eigenvalue weighted by Gasteiger charge is -1.98. The van der Waals surface area contributed by atoms with Crippen molar-refractivity contribution in [2.75, 3.05) is 0 Å². The van der Waals surface area contributed by atoms with Gasteiger partial charge in [-0.25, -0.2) is 4.98 Å². The minimum atomic E-state index is 0.0488. The van der Waals surface area contributed by atoms with Gasteiger partial charge in [0.2, 0.25) is 0 Å². The van der Waals surface area contributed by atoms with E-state index in [0.29, 0.717) is 5.56 Å². The maximum atomic E-state index is 8.55. The normalized spacial score (nSPS) is 12.3. The number of oxime groups is 1. The van der Waals surface area contributed by atoms with Crippen molar-refractivity contribution in [1.82, 2.24) is 14.8 Å². The molecular formula is C9H11N5O. The third-order valence-corrected chi connectivity index (χ3v) is 2.27. The van der Waals surface area contributed by atoms with Gasteiger partial charge in [0, 0.05) is 24.2 Å². The summed E-state index contributed by atoms with van der Waals surface area (Å²) in [4.78, 5) is 4.20. The van der Waals surface area contributed by atoms with Crippen LogP contribution >= 0.6 is 0 Å². The Morgan fingerprint density at radius 3 is 3.00 bits per heavy atom. The van der Waals surface area contributed by atoms with Gasteiger partial charge in [0.05, 0.1) is 5.69 Å². The molecule has 78 valence electrons. The van der Waals surface area contributed by atoms with E-state index in [4.69, 9.17) is 10.9 Å². The Balaban J connectivity index is 2.70. The van der Waals surface area contributed by atoms with E-state index in [-0.39, 0.29) is 5.84 Å². The smallest absolute Gasteiger partial charge is 0.171 e. The summed E-state index contributed by atoms with van der Waals surface area (Å²) in [5, 5.41) is 16.6.